The highest BCUT2D eigenvalue weighted by Gasteiger charge is 2.59. The lowest BCUT2D eigenvalue weighted by Gasteiger charge is -2.45. The number of hydrogen-bond donors (Lipinski definition) is 7. The molecule has 1 fully saturated rings. The van der Waals surface area contributed by atoms with E-state index in [-0.39, 0.29) is 37.1 Å². The number of hydrogen-bond acceptors (Lipinski definition) is 9. The molecule has 0 radical (unpaired) electrons. The lowest BCUT2D eigenvalue weighted by Crippen LogP contribution is -2.57. The minimum Gasteiger partial charge on any atom is -0.511 e. The zero-order valence-corrected chi connectivity index (χ0v) is 21.8. The quantitative estimate of drug-likeness (QED) is 0.201. The van der Waals surface area contributed by atoms with Crippen molar-refractivity contribution in [2.45, 2.75) is 57.0 Å². The first kappa shape index (κ1) is 27.8. The second-order valence-corrected chi connectivity index (χ2v) is 11.2. The first-order chi connectivity index (χ1) is 18.9. The van der Waals surface area contributed by atoms with Crippen LogP contribution in [0, 0.1) is 23.6 Å². The van der Waals surface area contributed by atoms with Gasteiger partial charge in [0.25, 0.3) is 5.91 Å². The number of ketones is 2. The Morgan fingerprint density at radius 2 is 1.80 bits per heavy atom. The highest BCUT2D eigenvalue weighted by Crippen LogP contribution is 2.52. The molecule has 3 atom stereocenters. The Kier molecular flexibility index (Phi) is 7.17. The SMILES string of the molecule is NC(=O)C1=C(O)C[C@@H]2CC3Cc4c(F)cc(NC(=O)CNCC5CCCCC5)c(O)c4C(=O)C3=C(O)[C@]2(O)C1=O. The van der Waals surface area contributed by atoms with Gasteiger partial charge in [-0.25, -0.2) is 4.39 Å². The van der Waals surface area contributed by atoms with E-state index in [0.29, 0.717) is 12.5 Å². The van der Waals surface area contributed by atoms with Crippen molar-refractivity contribution in [1.29, 1.82) is 0 Å². The molecule has 1 aromatic rings. The van der Waals surface area contributed by atoms with Crippen LogP contribution in [-0.4, -0.2) is 62.5 Å². The third kappa shape index (κ3) is 4.44. The van der Waals surface area contributed by atoms with Crippen LogP contribution in [0.15, 0.2) is 28.7 Å². The van der Waals surface area contributed by atoms with Gasteiger partial charge < -0.3 is 36.8 Å². The van der Waals surface area contributed by atoms with Gasteiger partial charge in [-0.3, -0.25) is 19.2 Å². The standard InChI is InChI=1S/C28H32FN3O8/c29-16-9-17(32-19(34)11-31-10-12-4-2-1-3-5-12)23(35)21-15(16)7-13-6-14-8-18(33)22(27(30)39)26(38)28(14,40)25(37)20(13)24(21)36/h9,12-14,31,33,35,37,40H,1-8,10-11H2,(H2,30,39)(H,32,34)/t13?,14-,28-/m0/s1. The molecule has 11 nitrogen and oxygen atoms in total. The third-order valence-corrected chi connectivity index (χ3v) is 8.72. The van der Waals surface area contributed by atoms with E-state index in [0.717, 1.165) is 31.7 Å². The predicted molar refractivity (Wildman–Crippen MR) is 139 cm³/mol. The number of primary amides is 1. The molecule has 5 rings (SSSR count). The Morgan fingerprint density at radius 1 is 1.10 bits per heavy atom. The summed E-state index contributed by atoms with van der Waals surface area (Å²) in [5.41, 5.74) is 0.235. The third-order valence-electron chi connectivity index (χ3n) is 8.72. The van der Waals surface area contributed by atoms with Crippen molar-refractivity contribution < 1.29 is 44.0 Å². The number of phenolic OH excluding ortho intramolecular Hbond substituents is 1. The van der Waals surface area contributed by atoms with Gasteiger partial charge in [0.05, 0.1) is 17.8 Å². The average molecular weight is 558 g/mol. The van der Waals surface area contributed by atoms with Crippen LogP contribution in [0.25, 0.3) is 0 Å². The van der Waals surface area contributed by atoms with Crippen LogP contribution in [0.4, 0.5) is 10.1 Å². The van der Waals surface area contributed by atoms with Crippen molar-refractivity contribution in [3.8, 4) is 5.75 Å². The first-order valence-electron chi connectivity index (χ1n) is 13.5. The smallest absolute Gasteiger partial charge is 0.255 e. The number of aromatic hydroxyl groups is 1. The molecule has 0 aliphatic heterocycles. The monoisotopic (exact) mass is 557 g/mol. The number of nitrogens with two attached hydrogens (primary N) is 1. The summed E-state index contributed by atoms with van der Waals surface area (Å²) in [7, 11) is 0. The van der Waals surface area contributed by atoms with E-state index in [1.54, 1.807) is 0 Å². The van der Waals surface area contributed by atoms with Crippen LogP contribution in [0.3, 0.4) is 0 Å². The number of aliphatic hydroxyl groups is 3. The van der Waals surface area contributed by atoms with Gasteiger partial charge >= 0.3 is 0 Å². The minimum atomic E-state index is -2.71. The molecule has 0 saturated heterocycles. The molecule has 0 heterocycles. The molecule has 1 saturated carbocycles. The number of fused-ring (bicyclic) bond motifs is 3. The minimum absolute atomic E-state index is 0.0876. The van der Waals surface area contributed by atoms with Gasteiger partial charge in [-0.1, -0.05) is 19.3 Å². The number of benzene rings is 1. The lowest BCUT2D eigenvalue weighted by atomic mass is 9.60. The summed E-state index contributed by atoms with van der Waals surface area (Å²) in [6.07, 6.45) is 5.04. The number of allylic oxidation sites excluding steroid dienone is 2. The van der Waals surface area contributed by atoms with Crippen molar-refractivity contribution >= 4 is 29.1 Å². The fourth-order valence-electron chi connectivity index (χ4n) is 6.71. The highest BCUT2D eigenvalue weighted by molar-refractivity contribution is 6.24. The van der Waals surface area contributed by atoms with Crippen molar-refractivity contribution in [1.82, 2.24) is 5.32 Å². The normalized spacial score (nSPS) is 26.8. The summed E-state index contributed by atoms with van der Waals surface area (Å²) in [6, 6.07) is 0.923. The second-order valence-electron chi connectivity index (χ2n) is 11.2. The molecule has 4 aliphatic rings. The number of halogens is 1. The van der Waals surface area contributed by atoms with Gasteiger partial charge in [0.15, 0.2) is 17.1 Å². The Balaban J connectivity index is 1.42. The van der Waals surface area contributed by atoms with E-state index >= 15 is 4.39 Å². The molecule has 1 aromatic carbocycles. The van der Waals surface area contributed by atoms with E-state index in [4.69, 9.17) is 5.73 Å². The zero-order valence-electron chi connectivity index (χ0n) is 21.8. The van der Waals surface area contributed by atoms with Crippen molar-refractivity contribution in [3.05, 3.63) is 45.7 Å². The molecule has 0 aromatic heterocycles. The maximum absolute atomic E-state index is 15.2. The Hall–Kier alpha value is -3.77. The molecule has 1 unspecified atom stereocenters. The summed E-state index contributed by atoms with van der Waals surface area (Å²) < 4.78 is 15.2. The van der Waals surface area contributed by atoms with E-state index in [1.165, 1.54) is 6.42 Å². The molecule has 0 bridgehead atoms. The largest absolute Gasteiger partial charge is 0.511 e. The van der Waals surface area contributed by atoms with Gasteiger partial charge in [-0.2, -0.15) is 0 Å². The average Bonchev–Trinajstić information content (AvgIpc) is 2.89. The number of amides is 2. The van der Waals surface area contributed by atoms with Gasteiger partial charge in [-0.05, 0) is 44.1 Å². The van der Waals surface area contributed by atoms with E-state index in [9.17, 15) is 39.6 Å². The Labute approximate surface area is 228 Å². The topological polar surface area (TPSA) is 199 Å². The van der Waals surface area contributed by atoms with Gasteiger partial charge in [0, 0.05) is 29.5 Å². The Morgan fingerprint density at radius 3 is 2.48 bits per heavy atom. The molecule has 40 heavy (non-hydrogen) atoms. The number of anilines is 1. The summed E-state index contributed by atoms with van der Waals surface area (Å²) in [4.78, 5) is 50.9. The number of phenols is 1. The number of carbonyl (C=O) groups excluding carboxylic acids is 4. The van der Waals surface area contributed by atoms with Gasteiger partial charge in [-0.15, -0.1) is 0 Å². The summed E-state index contributed by atoms with van der Waals surface area (Å²) in [5.74, 6) is -8.93. The van der Waals surface area contributed by atoms with Gasteiger partial charge in [0.2, 0.25) is 11.7 Å². The maximum Gasteiger partial charge on any atom is 0.255 e. The number of rotatable bonds is 6. The predicted octanol–water partition coefficient (Wildman–Crippen LogP) is 1.83. The van der Waals surface area contributed by atoms with Crippen LogP contribution in [0.2, 0.25) is 0 Å². The van der Waals surface area contributed by atoms with E-state index in [1.807, 2.05) is 0 Å². The van der Waals surface area contributed by atoms with E-state index in [2.05, 4.69) is 10.6 Å². The fourth-order valence-corrected chi connectivity index (χ4v) is 6.71. The fraction of sp³-hybridized carbons (Fsp3) is 0.500. The van der Waals surface area contributed by atoms with Crippen molar-refractivity contribution in [3.63, 3.8) is 0 Å². The molecule has 4 aliphatic carbocycles. The summed E-state index contributed by atoms with van der Waals surface area (Å²) in [6.45, 7) is 0.564. The molecule has 214 valence electrons. The summed E-state index contributed by atoms with van der Waals surface area (Å²) >= 11 is 0. The molecule has 0 spiro atoms. The van der Waals surface area contributed by atoms with Crippen LogP contribution in [0.1, 0.15) is 60.9 Å². The molecule has 12 heteroatoms. The summed E-state index contributed by atoms with van der Waals surface area (Å²) in [5, 5.41) is 49.0. The van der Waals surface area contributed by atoms with Crippen LogP contribution in [-0.2, 0) is 20.8 Å². The maximum atomic E-state index is 15.2. The van der Waals surface area contributed by atoms with Crippen molar-refractivity contribution in [2.75, 3.05) is 18.4 Å². The van der Waals surface area contributed by atoms with Gasteiger partial charge in [0.1, 0.15) is 22.9 Å². The molecule has 2 amide bonds. The van der Waals surface area contributed by atoms with Crippen molar-refractivity contribution in [2.24, 2.45) is 23.5 Å². The number of aliphatic hydroxyl groups excluding tert-OH is 2. The highest BCUT2D eigenvalue weighted by atomic mass is 19.1. The first-order valence-corrected chi connectivity index (χ1v) is 13.5. The lowest BCUT2D eigenvalue weighted by molar-refractivity contribution is -0.144. The Bertz CT molecular complexity index is 1380. The number of nitrogens with one attached hydrogen (secondary N) is 2. The molecular weight excluding hydrogens is 525 g/mol. The zero-order chi connectivity index (χ0) is 28.9. The van der Waals surface area contributed by atoms with Crippen LogP contribution < -0.4 is 16.4 Å². The number of Topliss-reactive ketones (excluding diaryl/α,β-unsaturated/α-hetero) is 2. The molecular formula is C28H32FN3O8. The van der Waals surface area contributed by atoms with Crippen LogP contribution >= 0.6 is 0 Å². The van der Waals surface area contributed by atoms with E-state index < -0.39 is 80.6 Å². The number of carbonyl (C=O) groups is 4. The molecule has 8 N–H and O–H groups in total. The van der Waals surface area contributed by atoms with Crippen LogP contribution in [0.5, 0.6) is 5.75 Å². The second kappa shape index (κ2) is 10.3.